The zero-order chi connectivity index (χ0) is 23.8. The van der Waals surface area contributed by atoms with Crippen LogP contribution in [0.5, 0.6) is 0 Å². The molecule has 0 saturated heterocycles. The average molecular weight is 471 g/mol. The molecule has 0 spiro atoms. The molecule has 33 heavy (non-hydrogen) atoms. The van der Waals surface area contributed by atoms with Crippen molar-refractivity contribution in [3.8, 4) is 11.1 Å². The molecular weight excluding hydrogens is 440 g/mol. The SMILES string of the molecule is CC(C)CSCCNC(=O)C(CC(=O)O)NC(=O)OCC1c2ccccc2-c2ccccc21. The Labute approximate surface area is 198 Å². The van der Waals surface area contributed by atoms with Gasteiger partial charge in [-0.3, -0.25) is 9.59 Å². The molecule has 2 amide bonds. The third-order valence-corrected chi connectivity index (χ3v) is 6.72. The highest BCUT2D eigenvalue weighted by Gasteiger charge is 2.30. The molecule has 0 saturated carbocycles. The van der Waals surface area contributed by atoms with E-state index in [4.69, 9.17) is 9.84 Å². The van der Waals surface area contributed by atoms with Crippen molar-refractivity contribution < 1.29 is 24.2 Å². The Hall–Kier alpha value is -3.00. The summed E-state index contributed by atoms with van der Waals surface area (Å²) in [7, 11) is 0. The van der Waals surface area contributed by atoms with E-state index in [1.54, 1.807) is 11.8 Å². The van der Waals surface area contributed by atoms with Crippen molar-refractivity contribution in [1.29, 1.82) is 0 Å². The predicted octanol–water partition coefficient (Wildman–Crippen LogP) is 3.87. The highest BCUT2D eigenvalue weighted by Crippen LogP contribution is 2.44. The van der Waals surface area contributed by atoms with Crippen LogP contribution in [0.25, 0.3) is 11.1 Å². The molecule has 0 aliphatic heterocycles. The van der Waals surface area contributed by atoms with E-state index in [0.717, 1.165) is 28.0 Å². The lowest BCUT2D eigenvalue weighted by Gasteiger charge is -2.18. The Morgan fingerprint density at radius 1 is 1.03 bits per heavy atom. The quantitative estimate of drug-likeness (QED) is 0.431. The number of carbonyl (C=O) groups excluding carboxylic acids is 2. The molecule has 0 heterocycles. The first kappa shape index (κ1) is 24.6. The molecule has 176 valence electrons. The van der Waals surface area contributed by atoms with Crippen molar-refractivity contribution in [1.82, 2.24) is 10.6 Å². The normalized spacial score (nSPS) is 13.2. The molecule has 1 unspecified atom stereocenters. The Morgan fingerprint density at radius 3 is 2.21 bits per heavy atom. The molecule has 1 aliphatic rings. The van der Waals surface area contributed by atoms with E-state index >= 15 is 0 Å². The number of fused-ring (bicyclic) bond motifs is 3. The van der Waals surface area contributed by atoms with Crippen molar-refractivity contribution in [3.05, 3.63) is 59.7 Å². The Balaban J connectivity index is 1.56. The van der Waals surface area contributed by atoms with Gasteiger partial charge in [0.15, 0.2) is 0 Å². The lowest BCUT2D eigenvalue weighted by atomic mass is 9.98. The molecule has 0 aromatic heterocycles. The monoisotopic (exact) mass is 470 g/mol. The van der Waals surface area contributed by atoms with E-state index < -0.39 is 30.4 Å². The number of ether oxygens (including phenoxy) is 1. The topological polar surface area (TPSA) is 105 Å². The van der Waals surface area contributed by atoms with Gasteiger partial charge in [-0.2, -0.15) is 11.8 Å². The minimum absolute atomic E-state index is 0.0904. The van der Waals surface area contributed by atoms with Crippen LogP contribution in [0.2, 0.25) is 0 Å². The van der Waals surface area contributed by atoms with E-state index in [2.05, 4.69) is 24.5 Å². The molecule has 8 heteroatoms. The Morgan fingerprint density at radius 2 is 1.64 bits per heavy atom. The van der Waals surface area contributed by atoms with Crippen molar-refractivity contribution in [2.45, 2.75) is 32.2 Å². The number of hydrogen-bond acceptors (Lipinski definition) is 5. The zero-order valence-corrected chi connectivity index (χ0v) is 19.7. The van der Waals surface area contributed by atoms with Gasteiger partial charge in [-0.15, -0.1) is 0 Å². The summed E-state index contributed by atoms with van der Waals surface area (Å²) in [5.41, 5.74) is 4.37. The maximum atomic E-state index is 12.5. The lowest BCUT2D eigenvalue weighted by molar-refractivity contribution is -0.139. The fraction of sp³-hybridized carbons (Fsp3) is 0.400. The second-order valence-corrected chi connectivity index (χ2v) is 9.53. The van der Waals surface area contributed by atoms with Gasteiger partial charge in [0.1, 0.15) is 12.6 Å². The summed E-state index contributed by atoms with van der Waals surface area (Å²) in [6, 6.07) is 14.8. The summed E-state index contributed by atoms with van der Waals surface area (Å²) in [4.78, 5) is 36.1. The third-order valence-electron chi connectivity index (χ3n) is 5.33. The van der Waals surface area contributed by atoms with Crippen LogP contribution >= 0.6 is 11.8 Å². The Kier molecular flexibility index (Phi) is 8.77. The summed E-state index contributed by atoms with van der Waals surface area (Å²) < 4.78 is 5.44. The standard InChI is InChI=1S/C25H30N2O5S/c1-16(2)15-33-12-11-26-24(30)22(13-23(28)29)27-25(31)32-14-21-19-9-5-3-7-17(19)18-8-4-6-10-20(18)21/h3-10,16,21-22H,11-15H2,1-2H3,(H,26,30)(H,27,31)(H,28,29). The molecule has 0 fully saturated rings. The number of carboxylic acid groups (broad SMARTS) is 1. The number of alkyl carbamates (subject to hydrolysis) is 1. The number of carbonyl (C=O) groups is 3. The van der Waals surface area contributed by atoms with Gasteiger partial charge < -0.3 is 20.5 Å². The maximum Gasteiger partial charge on any atom is 0.407 e. The molecule has 0 radical (unpaired) electrons. The first-order chi connectivity index (χ1) is 15.9. The fourth-order valence-corrected chi connectivity index (χ4v) is 4.74. The van der Waals surface area contributed by atoms with Crippen molar-refractivity contribution in [2.75, 3.05) is 24.7 Å². The van der Waals surface area contributed by atoms with E-state index in [0.29, 0.717) is 18.2 Å². The van der Waals surface area contributed by atoms with Gasteiger partial charge in [0.25, 0.3) is 0 Å². The summed E-state index contributed by atoms with van der Waals surface area (Å²) >= 11 is 1.71. The zero-order valence-electron chi connectivity index (χ0n) is 18.9. The van der Waals surface area contributed by atoms with Gasteiger partial charge in [-0.1, -0.05) is 62.4 Å². The van der Waals surface area contributed by atoms with Crippen LogP contribution in [0.3, 0.4) is 0 Å². The van der Waals surface area contributed by atoms with E-state index in [9.17, 15) is 14.4 Å². The maximum absolute atomic E-state index is 12.5. The van der Waals surface area contributed by atoms with Crippen LogP contribution in [0.4, 0.5) is 4.79 Å². The van der Waals surface area contributed by atoms with Crippen LogP contribution in [-0.2, 0) is 14.3 Å². The van der Waals surface area contributed by atoms with Gasteiger partial charge in [0.05, 0.1) is 6.42 Å². The van der Waals surface area contributed by atoms with Gasteiger partial charge in [-0.05, 0) is 33.9 Å². The fourth-order valence-electron chi connectivity index (χ4n) is 3.85. The van der Waals surface area contributed by atoms with Crippen molar-refractivity contribution in [3.63, 3.8) is 0 Å². The van der Waals surface area contributed by atoms with Crippen LogP contribution in [0.15, 0.2) is 48.5 Å². The van der Waals surface area contributed by atoms with Crippen molar-refractivity contribution >= 4 is 29.7 Å². The van der Waals surface area contributed by atoms with E-state index in [1.807, 2.05) is 48.5 Å². The van der Waals surface area contributed by atoms with E-state index in [-0.39, 0.29) is 12.5 Å². The number of nitrogens with one attached hydrogen (secondary N) is 2. The van der Waals surface area contributed by atoms with Crippen LogP contribution in [-0.4, -0.2) is 53.8 Å². The number of benzene rings is 2. The van der Waals surface area contributed by atoms with Crippen LogP contribution in [0.1, 0.15) is 37.3 Å². The molecular formula is C25H30N2O5S. The van der Waals surface area contributed by atoms with Gasteiger partial charge in [0, 0.05) is 18.2 Å². The first-order valence-corrected chi connectivity index (χ1v) is 12.2. The molecule has 3 rings (SSSR count). The lowest BCUT2D eigenvalue weighted by Crippen LogP contribution is -2.48. The van der Waals surface area contributed by atoms with Gasteiger partial charge >= 0.3 is 12.1 Å². The minimum Gasteiger partial charge on any atom is -0.481 e. The number of aliphatic carboxylic acids is 1. The molecule has 7 nitrogen and oxygen atoms in total. The number of thioether (sulfide) groups is 1. The third kappa shape index (κ3) is 6.74. The highest BCUT2D eigenvalue weighted by atomic mass is 32.2. The predicted molar refractivity (Wildman–Crippen MR) is 129 cm³/mol. The smallest absolute Gasteiger partial charge is 0.407 e. The second kappa shape index (κ2) is 11.7. The van der Waals surface area contributed by atoms with E-state index in [1.165, 1.54) is 0 Å². The molecule has 0 bridgehead atoms. The molecule has 2 aromatic carbocycles. The van der Waals surface area contributed by atoms with Gasteiger partial charge in [0.2, 0.25) is 5.91 Å². The van der Waals surface area contributed by atoms with Crippen molar-refractivity contribution in [2.24, 2.45) is 5.92 Å². The molecule has 1 atom stereocenters. The number of carboxylic acids is 1. The molecule has 2 aromatic rings. The average Bonchev–Trinajstić information content (AvgIpc) is 3.10. The Bertz CT molecular complexity index is 949. The minimum atomic E-state index is -1.20. The van der Waals surface area contributed by atoms with Crippen LogP contribution in [0, 0.1) is 5.92 Å². The summed E-state index contributed by atoms with van der Waals surface area (Å²) in [5, 5.41) is 14.3. The number of rotatable bonds is 11. The van der Waals surface area contributed by atoms with Gasteiger partial charge in [-0.25, -0.2) is 4.79 Å². The summed E-state index contributed by atoms with van der Waals surface area (Å²) in [6.45, 7) is 4.73. The molecule has 3 N–H and O–H groups in total. The second-order valence-electron chi connectivity index (χ2n) is 8.38. The largest absolute Gasteiger partial charge is 0.481 e. The summed E-state index contributed by atoms with van der Waals surface area (Å²) in [6.07, 6.45) is -1.33. The summed E-state index contributed by atoms with van der Waals surface area (Å²) in [5.74, 6) is 0.425. The number of hydrogen-bond donors (Lipinski definition) is 3. The highest BCUT2D eigenvalue weighted by molar-refractivity contribution is 7.99. The molecule has 1 aliphatic carbocycles. The van der Waals surface area contributed by atoms with Crippen LogP contribution < -0.4 is 10.6 Å². The first-order valence-electron chi connectivity index (χ1n) is 11.1. The number of amides is 2.